The molecule has 0 bridgehead atoms. The first-order valence-electron chi connectivity index (χ1n) is 6.20. The second-order valence-electron chi connectivity index (χ2n) is 2.04. The molecule has 0 saturated heterocycles. The van der Waals surface area contributed by atoms with E-state index in [4.69, 9.17) is 31.3 Å². The van der Waals surface area contributed by atoms with Crippen LogP contribution >= 0.6 is 0 Å². The Labute approximate surface area is 205 Å². The van der Waals surface area contributed by atoms with Crippen LogP contribution in [0.5, 0.6) is 0 Å². The molecule has 0 saturated carbocycles. The van der Waals surface area contributed by atoms with Gasteiger partial charge in [0.1, 0.15) is 0 Å². The number of hydrogen-bond donors (Lipinski definition) is 6. The van der Waals surface area contributed by atoms with Crippen molar-refractivity contribution in [1.82, 2.24) is 0 Å². The summed E-state index contributed by atoms with van der Waals surface area (Å²) in [4.78, 5) is 0. The zero-order valence-electron chi connectivity index (χ0n) is 15.9. The van der Waals surface area contributed by atoms with Crippen molar-refractivity contribution in [2.45, 2.75) is 33.6 Å². The minimum atomic E-state index is 0. The molecular weight excluding hydrogens is 319 g/mol. The van der Waals surface area contributed by atoms with Crippen LogP contribution < -0.4 is 94.4 Å². The van der Waals surface area contributed by atoms with Crippen molar-refractivity contribution in [2.75, 3.05) is 33.0 Å². The molecule has 9 heteroatoms. The maximum absolute atomic E-state index is 7.99. The summed E-state index contributed by atoms with van der Waals surface area (Å²) in [6.07, 6.45) is 1.60. The van der Waals surface area contributed by atoms with Gasteiger partial charge in [0.25, 0.3) is 0 Å². The molecule has 0 spiro atoms. The predicted molar refractivity (Wildman–Crippen MR) is 81.7 cm³/mol. The molecule has 0 atom stereocenters. The van der Waals surface area contributed by atoms with E-state index in [-0.39, 0.29) is 108 Å². The Balaban J connectivity index is -0.0000000132. The molecule has 22 heavy (non-hydrogen) atoms. The van der Waals surface area contributed by atoms with Gasteiger partial charge in [0.15, 0.2) is 0 Å². The van der Waals surface area contributed by atoms with Crippen LogP contribution in [0.2, 0.25) is 0 Å². The summed E-state index contributed by atoms with van der Waals surface area (Å²) < 4.78 is 0. The fourth-order valence-electron chi connectivity index (χ4n) is 0.0913. The zero-order chi connectivity index (χ0) is 16.9. The maximum atomic E-state index is 7.99. The smallest absolute Gasteiger partial charge is 0.569 e. The Morgan fingerprint density at radius 1 is 0.773 bits per heavy atom. The van der Waals surface area contributed by atoms with Crippen molar-refractivity contribution < 1.29 is 114 Å². The van der Waals surface area contributed by atoms with Crippen molar-refractivity contribution in [3.8, 4) is 0 Å². The molecule has 0 fully saturated rings. The summed E-state index contributed by atoms with van der Waals surface area (Å²) in [5.74, 6) is 0. The summed E-state index contributed by atoms with van der Waals surface area (Å²) in [5, 5.41) is 37.5. The molecule has 0 radical (unpaired) electrons. The summed E-state index contributed by atoms with van der Waals surface area (Å²) in [6.45, 7) is 13.1. The van der Waals surface area contributed by atoms with Crippen LogP contribution in [0.1, 0.15) is 33.6 Å². The van der Waals surface area contributed by atoms with Crippen LogP contribution in [0.25, 0.3) is 0 Å². The first-order chi connectivity index (χ1) is 9.16. The van der Waals surface area contributed by atoms with Crippen molar-refractivity contribution in [2.24, 2.45) is 5.73 Å². The molecule has 0 aromatic heterocycles. The fraction of sp³-hybridized carbons (Fsp3) is 0.769. The Morgan fingerprint density at radius 2 is 0.955 bits per heavy atom. The van der Waals surface area contributed by atoms with Crippen molar-refractivity contribution in [1.29, 1.82) is 0 Å². The minimum absolute atomic E-state index is 0. The van der Waals surface area contributed by atoms with Gasteiger partial charge >= 0.3 is 88.7 Å². The number of rotatable bonds is 3. The summed E-state index contributed by atoms with van der Waals surface area (Å²) in [7, 11) is 2.25. The van der Waals surface area contributed by atoms with Gasteiger partial charge in [-0.2, -0.15) is 0 Å². The van der Waals surface area contributed by atoms with E-state index >= 15 is 0 Å². The molecule has 0 aromatic rings. The molecule has 0 heterocycles. The SMILES string of the molecule is CC.CCCO.NCCCO.[CH2-]CO.[CH2-]CO.[CH2-]O.[Na+].[Na+].[Na+]. The molecule has 126 valence electrons. The van der Waals surface area contributed by atoms with E-state index in [0.29, 0.717) is 13.2 Å². The van der Waals surface area contributed by atoms with E-state index in [9.17, 15) is 0 Å². The normalized spacial score (nSPS) is 5.45. The topological polar surface area (TPSA) is 127 Å². The van der Waals surface area contributed by atoms with E-state index in [1.807, 2.05) is 20.8 Å². The molecule has 0 aliphatic rings. The third-order valence-corrected chi connectivity index (χ3v) is 0.586. The standard InChI is InChI=1S/C3H9NO.C3H8O.2C2H5O.C2H6.CH3O.3Na/c4-2-1-3-5;1-2-3-4;2*1-2-3;2*1-2;;;/h5H,1-4H2;4H,2-3H2,1H3;2*3H,1-2H2;1-2H3;2H,1H2;;;/q;;2*-1;;-1;3*+1. The summed E-state index contributed by atoms with van der Waals surface area (Å²) in [5.41, 5.74) is 4.98. The van der Waals surface area contributed by atoms with Crippen LogP contribution in [0.4, 0.5) is 0 Å². The molecule has 7 N–H and O–H groups in total. The fourth-order valence-corrected chi connectivity index (χ4v) is 0.0913. The van der Waals surface area contributed by atoms with Crippen molar-refractivity contribution in [3.05, 3.63) is 21.0 Å². The third-order valence-electron chi connectivity index (χ3n) is 0.586. The second-order valence-corrected chi connectivity index (χ2v) is 2.04. The van der Waals surface area contributed by atoms with Gasteiger partial charge < -0.3 is 45.1 Å². The zero-order valence-corrected chi connectivity index (χ0v) is 21.9. The van der Waals surface area contributed by atoms with Gasteiger partial charge in [-0.25, -0.2) is 7.11 Å². The van der Waals surface area contributed by atoms with Crippen LogP contribution in [0.15, 0.2) is 0 Å². The molecule has 0 aromatic carbocycles. The van der Waals surface area contributed by atoms with E-state index in [1.54, 1.807) is 0 Å². The Morgan fingerprint density at radius 3 is 0.955 bits per heavy atom. The Hall–Kier alpha value is 2.76. The Bertz CT molecular complexity index is 66.9. The largest absolute Gasteiger partial charge is 1.00 e. The van der Waals surface area contributed by atoms with Crippen LogP contribution in [-0.2, 0) is 0 Å². The molecule has 0 aliphatic carbocycles. The van der Waals surface area contributed by atoms with Crippen molar-refractivity contribution in [3.63, 3.8) is 0 Å². The van der Waals surface area contributed by atoms with Crippen LogP contribution in [-0.4, -0.2) is 58.5 Å². The molecule has 0 aliphatic heterocycles. The first-order valence-corrected chi connectivity index (χ1v) is 6.20. The van der Waals surface area contributed by atoms with Gasteiger partial charge in [0.05, 0.1) is 0 Å². The number of nitrogens with two attached hydrogens (primary N) is 1. The molecule has 6 nitrogen and oxygen atoms in total. The third kappa shape index (κ3) is 325. The summed E-state index contributed by atoms with van der Waals surface area (Å²) >= 11 is 0. The maximum Gasteiger partial charge on any atom is 1.00 e. The van der Waals surface area contributed by atoms with Crippen LogP contribution in [0, 0.1) is 21.0 Å². The Kier molecular flexibility index (Phi) is 331. The first kappa shape index (κ1) is 56.3. The molecule has 0 amide bonds. The quantitative estimate of drug-likeness (QED) is 0.221. The molecule has 0 unspecified atom stereocenters. The van der Waals surface area contributed by atoms with Crippen LogP contribution in [0.3, 0.4) is 0 Å². The number of aliphatic hydroxyl groups excluding tert-OH is 5. The van der Waals surface area contributed by atoms with Gasteiger partial charge in [-0.05, 0) is 19.4 Å². The average molecular weight is 355 g/mol. The van der Waals surface area contributed by atoms with Gasteiger partial charge in [0.2, 0.25) is 0 Å². The summed E-state index contributed by atoms with van der Waals surface area (Å²) in [6, 6.07) is 0. The van der Waals surface area contributed by atoms with E-state index in [0.717, 1.165) is 12.8 Å². The number of hydrogen-bond acceptors (Lipinski definition) is 6. The van der Waals surface area contributed by atoms with E-state index in [1.165, 1.54) is 0 Å². The van der Waals surface area contributed by atoms with Gasteiger partial charge in [0, 0.05) is 13.2 Å². The van der Waals surface area contributed by atoms with E-state index in [2.05, 4.69) is 21.0 Å². The van der Waals surface area contributed by atoms with Gasteiger partial charge in [-0.1, -0.05) is 34.0 Å². The van der Waals surface area contributed by atoms with Gasteiger partial charge in [-0.15, -0.1) is 0 Å². The average Bonchev–Trinajstić information content (AvgIpc) is 2.46. The van der Waals surface area contributed by atoms with Crippen molar-refractivity contribution >= 4 is 0 Å². The molecule has 0 rings (SSSR count). The van der Waals surface area contributed by atoms with Gasteiger partial charge in [-0.3, -0.25) is 0 Å². The molecular formula is C13H36NNa3O5. The van der Waals surface area contributed by atoms with E-state index < -0.39 is 0 Å². The monoisotopic (exact) mass is 355 g/mol. The predicted octanol–water partition coefficient (Wildman–Crippen LogP) is -8.47. The second kappa shape index (κ2) is 129. The minimum Gasteiger partial charge on any atom is -0.569 e. The number of aliphatic hydroxyl groups is 5.